The van der Waals surface area contributed by atoms with Gasteiger partial charge in [-0.1, -0.05) is 17.8 Å². The molecule has 1 N–H and O–H groups in total. The van der Waals surface area contributed by atoms with Gasteiger partial charge in [-0.05, 0) is 25.6 Å². The first-order valence-corrected chi connectivity index (χ1v) is 6.98. The van der Waals surface area contributed by atoms with E-state index in [4.69, 9.17) is 4.74 Å². The molecule has 2 aromatic heterocycles. The third kappa shape index (κ3) is 2.23. The number of thioether (sulfide) groups is 1. The van der Waals surface area contributed by atoms with E-state index in [2.05, 4.69) is 15.5 Å². The summed E-state index contributed by atoms with van der Waals surface area (Å²) in [6.07, 6.45) is 3.04. The normalized spacial score (nSPS) is 24.5. The highest BCUT2D eigenvalue weighted by Gasteiger charge is 2.26. The topological polar surface area (TPSA) is 51.5 Å². The summed E-state index contributed by atoms with van der Waals surface area (Å²) in [6.45, 7) is 1.60. The molecule has 0 radical (unpaired) electrons. The molecule has 0 saturated carbocycles. The molecular weight excluding hydrogens is 248 g/mol. The van der Waals surface area contributed by atoms with Crippen LogP contribution in [0, 0.1) is 0 Å². The Kier molecular flexibility index (Phi) is 3.49. The lowest BCUT2D eigenvalue weighted by Crippen LogP contribution is -2.43. The fourth-order valence-corrected chi connectivity index (χ4v) is 3.42. The van der Waals surface area contributed by atoms with Crippen LogP contribution in [0.15, 0.2) is 29.6 Å². The van der Waals surface area contributed by atoms with Crippen molar-refractivity contribution in [2.24, 2.45) is 0 Å². The molecule has 1 aliphatic rings. The first kappa shape index (κ1) is 12.0. The van der Waals surface area contributed by atoms with E-state index in [-0.39, 0.29) is 0 Å². The second-order valence-electron chi connectivity index (χ2n) is 4.33. The van der Waals surface area contributed by atoms with Gasteiger partial charge in [-0.25, -0.2) is 0 Å². The van der Waals surface area contributed by atoms with E-state index in [0.717, 1.165) is 30.4 Å². The smallest absolute Gasteiger partial charge is 0.196 e. The summed E-state index contributed by atoms with van der Waals surface area (Å²) in [5, 5.41) is 13.1. The second-order valence-corrected chi connectivity index (χ2v) is 5.53. The zero-order valence-electron chi connectivity index (χ0n) is 10.2. The van der Waals surface area contributed by atoms with Gasteiger partial charge in [0.05, 0.1) is 11.9 Å². The Morgan fingerprint density at radius 2 is 2.39 bits per heavy atom. The van der Waals surface area contributed by atoms with E-state index in [1.165, 1.54) is 0 Å². The highest BCUT2D eigenvalue weighted by atomic mass is 32.2. The molecular formula is C12H16N4OS. The Bertz CT molecular complexity index is 530. The SMILES string of the molecule is CNC1CCOCC1Sc1nnc2ccccn12. The second kappa shape index (κ2) is 5.26. The van der Waals surface area contributed by atoms with Gasteiger partial charge in [-0.2, -0.15) is 0 Å². The molecule has 1 fully saturated rings. The Morgan fingerprint density at radius 3 is 3.28 bits per heavy atom. The van der Waals surface area contributed by atoms with Gasteiger partial charge in [0, 0.05) is 18.8 Å². The Balaban J connectivity index is 1.82. The molecule has 0 aliphatic carbocycles. The van der Waals surface area contributed by atoms with E-state index in [0.29, 0.717) is 11.3 Å². The van der Waals surface area contributed by atoms with Crippen molar-refractivity contribution in [1.29, 1.82) is 0 Å². The van der Waals surface area contributed by atoms with Crippen molar-refractivity contribution in [2.75, 3.05) is 20.3 Å². The molecule has 1 saturated heterocycles. The van der Waals surface area contributed by atoms with Crippen LogP contribution in [0.2, 0.25) is 0 Å². The Morgan fingerprint density at radius 1 is 1.44 bits per heavy atom. The van der Waals surface area contributed by atoms with E-state index in [9.17, 15) is 0 Å². The number of hydrogen-bond donors (Lipinski definition) is 1. The van der Waals surface area contributed by atoms with Gasteiger partial charge in [0.25, 0.3) is 0 Å². The quantitative estimate of drug-likeness (QED) is 0.902. The van der Waals surface area contributed by atoms with E-state index >= 15 is 0 Å². The van der Waals surface area contributed by atoms with Crippen molar-refractivity contribution in [2.45, 2.75) is 22.9 Å². The first-order chi connectivity index (χ1) is 8.88. The van der Waals surface area contributed by atoms with Crippen LogP contribution in [0.1, 0.15) is 6.42 Å². The summed E-state index contributed by atoms with van der Waals surface area (Å²) in [7, 11) is 2.01. The minimum absolute atomic E-state index is 0.386. The van der Waals surface area contributed by atoms with Crippen LogP contribution in [-0.2, 0) is 4.74 Å². The molecule has 2 unspecified atom stereocenters. The average Bonchev–Trinajstić information content (AvgIpc) is 2.83. The third-order valence-corrected chi connectivity index (χ3v) is 4.47. The van der Waals surface area contributed by atoms with Crippen LogP contribution in [0.5, 0.6) is 0 Å². The van der Waals surface area contributed by atoms with E-state index < -0.39 is 0 Å². The van der Waals surface area contributed by atoms with Gasteiger partial charge >= 0.3 is 0 Å². The van der Waals surface area contributed by atoms with Crippen molar-refractivity contribution in [3.05, 3.63) is 24.4 Å². The molecule has 0 spiro atoms. The summed E-state index contributed by atoms with van der Waals surface area (Å²) in [4.78, 5) is 0. The van der Waals surface area contributed by atoms with Crippen LogP contribution in [-0.4, -0.2) is 46.2 Å². The van der Waals surface area contributed by atoms with Gasteiger partial charge in [0.1, 0.15) is 0 Å². The first-order valence-electron chi connectivity index (χ1n) is 6.10. The molecule has 2 atom stereocenters. The fourth-order valence-electron chi connectivity index (χ4n) is 2.19. The lowest BCUT2D eigenvalue weighted by Gasteiger charge is -2.30. The predicted octanol–water partition coefficient (Wildman–Crippen LogP) is 1.20. The van der Waals surface area contributed by atoms with Crippen LogP contribution >= 0.6 is 11.8 Å². The molecule has 0 aromatic carbocycles. The zero-order chi connectivity index (χ0) is 12.4. The molecule has 0 amide bonds. The minimum Gasteiger partial charge on any atom is -0.380 e. The van der Waals surface area contributed by atoms with Crippen LogP contribution in [0.3, 0.4) is 0 Å². The maximum absolute atomic E-state index is 5.56. The standard InChI is InChI=1S/C12H16N4OS/c1-13-9-5-7-17-8-10(9)18-12-15-14-11-4-2-3-6-16(11)12/h2-4,6,9-10,13H,5,7-8H2,1H3. The van der Waals surface area contributed by atoms with E-state index in [1.807, 2.05) is 35.8 Å². The van der Waals surface area contributed by atoms with Crippen molar-refractivity contribution in [3.63, 3.8) is 0 Å². The molecule has 3 rings (SSSR count). The number of pyridine rings is 1. The largest absolute Gasteiger partial charge is 0.380 e. The van der Waals surface area contributed by atoms with Crippen molar-refractivity contribution >= 4 is 17.4 Å². The van der Waals surface area contributed by atoms with Crippen molar-refractivity contribution in [3.8, 4) is 0 Å². The number of fused-ring (bicyclic) bond motifs is 1. The lowest BCUT2D eigenvalue weighted by atomic mass is 10.1. The molecule has 18 heavy (non-hydrogen) atoms. The number of ether oxygens (including phenoxy) is 1. The highest BCUT2D eigenvalue weighted by molar-refractivity contribution is 7.99. The Labute approximate surface area is 110 Å². The zero-order valence-corrected chi connectivity index (χ0v) is 11.1. The van der Waals surface area contributed by atoms with Crippen LogP contribution in [0.4, 0.5) is 0 Å². The highest BCUT2D eigenvalue weighted by Crippen LogP contribution is 2.27. The van der Waals surface area contributed by atoms with Crippen LogP contribution < -0.4 is 5.32 Å². The molecule has 0 bridgehead atoms. The molecule has 5 nitrogen and oxygen atoms in total. The van der Waals surface area contributed by atoms with Crippen molar-refractivity contribution < 1.29 is 4.74 Å². The van der Waals surface area contributed by atoms with Gasteiger partial charge in [-0.3, -0.25) is 4.40 Å². The van der Waals surface area contributed by atoms with Crippen LogP contribution in [0.25, 0.3) is 5.65 Å². The number of rotatable bonds is 3. The third-order valence-electron chi connectivity index (χ3n) is 3.21. The maximum Gasteiger partial charge on any atom is 0.196 e. The predicted molar refractivity (Wildman–Crippen MR) is 70.9 cm³/mol. The van der Waals surface area contributed by atoms with Gasteiger partial charge < -0.3 is 10.1 Å². The summed E-state index contributed by atoms with van der Waals surface area (Å²) >= 11 is 1.74. The molecule has 6 heteroatoms. The van der Waals surface area contributed by atoms with Gasteiger partial charge in [0.15, 0.2) is 10.8 Å². The average molecular weight is 264 g/mol. The number of nitrogens with one attached hydrogen (secondary N) is 1. The monoisotopic (exact) mass is 264 g/mol. The maximum atomic E-state index is 5.56. The molecule has 3 heterocycles. The lowest BCUT2D eigenvalue weighted by molar-refractivity contribution is 0.0850. The van der Waals surface area contributed by atoms with Crippen molar-refractivity contribution in [1.82, 2.24) is 19.9 Å². The number of nitrogens with zero attached hydrogens (tertiary/aromatic N) is 3. The fraction of sp³-hybridized carbons (Fsp3) is 0.500. The summed E-state index contributed by atoms with van der Waals surface area (Å²) in [5.41, 5.74) is 0.887. The Hall–Kier alpha value is -1.11. The van der Waals surface area contributed by atoms with E-state index in [1.54, 1.807) is 11.8 Å². The molecule has 1 aliphatic heterocycles. The molecule has 96 valence electrons. The molecule has 2 aromatic rings. The number of hydrogen-bond acceptors (Lipinski definition) is 5. The number of aromatic nitrogens is 3. The summed E-state index contributed by atoms with van der Waals surface area (Å²) in [5.74, 6) is 0. The summed E-state index contributed by atoms with van der Waals surface area (Å²) < 4.78 is 7.58. The van der Waals surface area contributed by atoms with Gasteiger partial charge in [0.2, 0.25) is 0 Å². The minimum atomic E-state index is 0.386. The summed E-state index contributed by atoms with van der Waals surface area (Å²) in [6, 6.07) is 6.40. The van der Waals surface area contributed by atoms with Gasteiger partial charge in [-0.15, -0.1) is 10.2 Å².